The highest BCUT2D eigenvalue weighted by Crippen LogP contribution is 2.29. The first kappa shape index (κ1) is 12.8. The Morgan fingerprint density at radius 1 is 1.31 bits per heavy atom. The van der Waals surface area contributed by atoms with Gasteiger partial charge < -0.3 is 15.4 Å². The van der Waals surface area contributed by atoms with Crippen LogP contribution in [0.2, 0.25) is 0 Å². The van der Waals surface area contributed by atoms with Gasteiger partial charge in [-0.3, -0.25) is 0 Å². The second kappa shape index (κ2) is 6.38. The smallest absolute Gasteiger partial charge is 0.142 e. The lowest BCUT2D eigenvalue weighted by Crippen LogP contribution is -2.30. The van der Waals surface area contributed by atoms with Crippen molar-refractivity contribution in [2.24, 2.45) is 5.73 Å². The number of benzene rings is 1. The van der Waals surface area contributed by atoms with Crippen LogP contribution in [0.25, 0.3) is 0 Å². The third-order valence-corrected chi connectivity index (χ3v) is 2.57. The molecule has 0 aliphatic heterocycles. The van der Waals surface area contributed by atoms with Gasteiger partial charge >= 0.3 is 0 Å². The van der Waals surface area contributed by atoms with E-state index in [1.165, 1.54) is 5.56 Å². The van der Waals surface area contributed by atoms with Gasteiger partial charge in [-0.25, -0.2) is 0 Å². The summed E-state index contributed by atoms with van der Waals surface area (Å²) in [6.07, 6.45) is 1.11. The largest absolute Gasteiger partial charge is 0.495 e. The monoisotopic (exact) mass is 222 g/mol. The molecule has 1 rings (SSSR count). The van der Waals surface area contributed by atoms with Crippen molar-refractivity contribution in [1.82, 2.24) is 0 Å². The van der Waals surface area contributed by atoms with Crippen LogP contribution in [0, 0.1) is 6.92 Å². The van der Waals surface area contributed by atoms with E-state index in [1.54, 1.807) is 7.11 Å². The van der Waals surface area contributed by atoms with Gasteiger partial charge in [0.2, 0.25) is 0 Å². The summed E-state index contributed by atoms with van der Waals surface area (Å²) in [7, 11) is 1.71. The third kappa shape index (κ3) is 3.14. The van der Waals surface area contributed by atoms with Crippen molar-refractivity contribution in [2.75, 3.05) is 31.6 Å². The van der Waals surface area contributed by atoms with Crippen molar-refractivity contribution in [3.8, 4) is 5.75 Å². The van der Waals surface area contributed by atoms with E-state index in [0.717, 1.165) is 30.9 Å². The number of hydrogen-bond donors (Lipinski definition) is 1. The van der Waals surface area contributed by atoms with Gasteiger partial charge in [0.25, 0.3) is 0 Å². The van der Waals surface area contributed by atoms with Gasteiger partial charge in [0.05, 0.1) is 12.8 Å². The first-order valence-corrected chi connectivity index (χ1v) is 5.82. The fraction of sp³-hybridized carbons (Fsp3) is 0.538. The zero-order valence-electron chi connectivity index (χ0n) is 10.5. The minimum Gasteiger partial charge on any atom is -0.495 e. The average molecular weight is 222 g/mol. The minimum absolute atomic E-state index is 0.664. The van der Waals surface area contributed by atoms with E-state index >= 15 is 0 Å². The van der Waals surface area contributed by atoms with E-state index in [4.69, 9.17) is 10.5 Å². The molecule has 0 aliphatic carbocycles. The van der Waals surface area contributed by atoms with Crippen molar-refractivity contribution in [1.29, 1.82) is 0 Å². The van der Waals surface area contributed by atoms with Gasteiger partial charge in [0, 0.05) is 19.6 Å². The molecule has 1 aromatic carbocycles. The van der Waals surface area contributed by atoms with Crippen molar-refractivity contribution in [3.05, 3.63) is 23.8 Å². The first-order chi connectivity index (χ1) is 7.72. The van der Waals surface area contributed by atoms with Gasteiger partial charge in [-0.1, -0.05) is 13.0 Å². The summed E-state index contributed by atoms with van der Waals surface area (Å²) in [5.41, 5.74) is 8.04. The lowest BCUT2D eigenvalue weighted by atomic mass is 10.2. The lowest BCUT2D eigenvalue weighted by molar-refractivity contribution is 0.414. The SMILES string of the molecule is CCCN(CCN)c1cc(C)ccc1OC. The summed E-state index contributed by atoms with van der Waals surface area (Å²) in [5.74, 6) is 0.924. The number of hydrogen-bond acceptors (Lipinski definition) is 3. The fourth-order valence-corrected chi connectivity index (χ4v) is 1.83. The van der Waals surface area contributed by atoms with Gasteiger partial charge in [-0.15, -0.1) is 0 Å². The zero-order chi connectivity index (χ0) is 12.0. The topological polar surface area (TPSA) is 38.5 Å². The molecule has 0 bridgehead atoms. The van der Waals surface area contributed by atoms with Crippen molar-refractivity contribution in [2.45, 2.75) is 20.3 Å². The summed E-state index contributed by atoms with van der Waals surface area (Å²) < 4.78 is 5.39. The lowest BCUT2D eigenvalue weighted by Gasteiger charge is -2.25. The summed E-state index contributed by atoms with van der Waals surface area (Å²) >= 11 is 0. The highest BCUT2D eigenvalue weighted by Gasteiger charge is 2.10. The van der Waals surface area contributed by atoms with Crippen molar-refractivity contribution >= 4 is 5.69 Å². The van der Waals surface area contributed by atoms with E-state index in [0.29, 0.717) is 6.54 Å². The van der Waals surface area contributed by atoms with Crippen LogP contribution >= 0.6 is 0 Å². The second-order valence-electron chi connectivity index (χ2n) is 3.95. The van der Waals surface area contributed by atoms with E-state index < -0.39 is 0 Å². The number of rotatable bonds is 6. The molecule has 0 saturated heterocycles. The summed E-state index contributed by atoms with van der Waals surface area (Å²) in [6, 6.07) is 6.24. The van der Waals surface area contributed by atoms with Crippen LogP contribution in [0.3, 0.4) is 0 Å². The number of methoxy groups -OCH3 is 1. The molecular formula is C13H22N2O. The molecule has 0 spiro atoms. The van der Waals surface area contributed by atoms with E-state index in [9.17, 15) is 0 Å². The highest BCUT2D eigenvalue weighted by molar-refractivity contribution is 5.60. The number of ether oxygens (including phenoxy) is 1. The molecule has 0 amide bonds. The van der Waals surface area contributed by atoms with Crippen LogP contribution in [-0.4, -0.2) is 26.7 Å². The molecule has 3 nitrogen and oxygen atoms in total. The van der Waals surface area contributed by atoms with Crippen LogP contribution in [0.15, 0.2) is 18.2 Å². The van der Waals surface area contributed by atoms with Crippen LogP contribution in [-0.2, 0) is 0 Å². The van der Waals surface area contributed by atoms with Crippen LogP contribution in [0.1, 0.15) is 18.9 Å². The zero-order valence-corrected chi connectivity index (χ0v) is 10.5. The van der Waals surface area contributed by atoms with Crippen LogP contribution < -0.4 is 15.4 Å². The number of nitrogens with two attached hydrogens (primary N) is 1. The van der Waals surface area contributed by atoms with Crippen LogP contribution in [0.5, 0.6) is 5.75 Å². The predicted molar refractivity (Wildman–Crippen MR) is 69.3 cm³/mol. The molecule has 0 heterocycles. The first-order valence-electron chi connectivity index (χ1n) is 5.82. The standard InChI is InChI=1S/C13H22N2O/c1-4-8-15(9-7-14)12-10-11(2)5-6-13(12)16-3/h5-6,10H,4,7-9,14H2,1-3H3. The maximum Gasteiger partial charge on any atom is 0.142 e. The Morgan fingerprint density at radius 2 is 2.06 bits per heavy atom. The molecule has 0 unspecified atom stereocenters. The summed E-state index contributed by atoms with van der Waals surface area (Å²) in [5, 5.41) is 0. The summed E-state index contributed by atoms with van der Waals surface area (Å²) in [4.78, 5) is 2.28. The molecule has 0 atom stereocenters. The molecule has 90 valence electrons. The Balaban J connectivity index is 3.00. The van der Waals surface area contributed by atoms with Crippen molar-refractivity contribution in [3.63, 3.8) is 0 Å². The van der Waals surface area contributed by atoms with Gasteiger partial charge in [0.15, 0.2) is 0 Å². The molecule has 1 aromatic rings. The Bertz CT molecular complexity index is 320. The highest BCUT2D eigenvalue weighted by atomic mass is 16.5. The minimum atomic E-state index is 0.664. The van der Waals surface area contributed by atoms with Gasteiger partial charge in [0.1, 0.15) is 5.75 Å². The molecule has 3 heteroatoms. The maximum atomic E-state index is 5.64. The predicted octanol–water partition coefficient (Wildman–Crippen LogP) is 2.18. The Hall–Kier alpha value is -1.22. The normalized spacial score (nSPS) is 10.2. The fourth-order valence-electron chi connectivity index (χ4n) is 1.83. The Morgan fingerprint density at radius 3 is 2.62 bits per heavy atom. The number of aryl methyl sites for hydroxylation is 1. The average Bonchev–Trinajstić information content (AvgIpc) is 2.29. The molecule has 0 saturated carbocycles. The molecule has 0 aliphatic rings. The third-order valence-electron chi connectivity index (χ3n) is 2.57. The van der Waals surface area contributed by atoms with E-state index in [-0.39, 0.29) is 0 Å². The quantitative estimate of drug-likeness (QED) is 0.801. The van der Waals surface area contributed by atoms with Gasteiger partial charge in [-0.05, 0) is 31.0 Å². The van der Waals surface area contributed by atoms with E-state index in [1.807, 2.05) is 6.07 Å². The molecule has 0 radical (unpaired) electrons. The molecule has 0 fully saturated rings. The second-order valence-corrected chi connectivity index (χ2v) is 3.95. The number of nitrogens with zero attached hydrogens (tertiary/aromatic N) is 1. The van der Waals surface area contributed by atoms with Crippen molar-refractivity contribution < 1.29 is 4.74 Å². The van der Waals surface area contributed by atoms with Crippen LogP contribution in [0.4, 0.5) is 5.69 Å². The molecule has 16 heavy (non-hydrogen) atoms. The van der Waals surface area contributed by atoms with E-state index in [2.05, 4.69) is 30.9 Å². The van der Waals surface area contributed by atoms with Gasteiger partial charge in [-0.2, -0.15) is 0 Å². The molecule has 0 aromatic heterocycles. The Kier molecular flexibility index (Phi) is 5.12. The molecule has 2 N–H and O–H groups in total. The maximum absolute atomic E-state index is 5.64. The Labute approximate surface area is 98.2 Å². The summed E-state index contributed by atoms with van der Waals surface area (Å²) in [6.45, 7) is 6.81. The number of anilines is 1. The molecular weight excluding hydrogens is 200 g/mol.